The van der Waals surface area contributed by atoms with Gasteiger partial charge < -0.3 is 19.1 Å². The van der Waals surface area contributed by atoms with Gasteiger partial charge >= 0.3 is 0 Å². The van der Waals surface area contributed by atoms with E-state index in [1.807, 2.05) is 22.4 Å². The third-order valence-electron chi connectivity index (χ3n) is 7.60. The van der Waals surface area contributed by atoms with Crippen LogP contribution in [-0.4, -0.2) is 57.0 Å². The summed E-state index contributed by atoms with van der Waals surface area (Å²) in [6.45, 7) is 4.24. The molecule has 1 N–H and O–H groups in total. The van der Waals surface area contributed by atoms with E-state index in [1.165, 1.54) is 23.6 Å². The van der Waals surface area contributed by atoms with Gasteiger partial charge in [-0.05, 0) is 66.9 Å². The number of hydrogen-bond acceptors (Lipinski definition) is 7. The normalized spacial score (nSPS) is 18.6. The second kappa shape index (κ2) is 11.7. The largest absolute Gasteiger partial charge is 0.489 e. The smallest absolute Gasteiger partial charge is 0.274 e. The first-order valence-electron chi connectivity index (χ1n) is 13.7. The Morgan fingerprint density at radius 2 is 2.00 bits per heavy atom. The minimum absolute atomic E-state index is 0.0226. The van der Waals surface area contributed by atoms with E-state index >= 15 is 0 Å². The van der Waals surface area contributed by atoms with Crippen LogP contribution in [0, 0.1) is 5.95 Å². The Balaban J connectivity index is 1.09. The van der Waals surface area contributed by atoms with Crippen LogP contribution in [0.25, 0.3) is 0 Å². The number of ether oxygens (including phenoxy) is 1. The molecule has 1 aromatic carbocycles. The first-order valence-corrected chi connectivity index (χ1v) is 14.6. The fourth-order valence-corrected chi connectivity index (χ4v) is 6.31. The summed E-state index contributed by atoms with van der Waals surface area (Å²) < 4.78 is 21.4. The van der Waals surface area contributed by atoms with Crippen LogP contribution >= 0.6 is 11.3 Å². The maximum atomic E-state index is 13.5. The Bertz CT molecular complexity index is 1540. The zero-order chi connectivity index (χ0) is 28.3. The van der Waals surface area contributed by atoms with Crippen molar-refractivity contribution in [3.8, 4) is 5.75 Å². The number of rotatable bonds is 8. The van der Waals surface area contributed by atoms with Crippen molar-refractivity contribution in [1.29, 1.82) is 0 Å². The van der Waals surface area contributed by atoms with E-state index in [4.69, 9.17) is 9.72 Å². The molecule has 0 saturated carbocycles. The maximum absolute atomic E-state index is 13.5. The number of halogens is 1. The van der Waals surface area contributed by atoms with Gasteiger partial charge in [-0.2, -0.15) is 4.39 Å². The SMILES string of the molecule is CC(=O)N1CCC(Oc2ccc(N3CCC[C@@H]3c3csc(NC(=O)c4cccn4Cc4ccnc(F)c4)n3)cc2)C1. The highest BCUT2D eigenvalue weighted by Crippen LogP contribution is 2.38. The molecule has 5 heterocycles. The topological polar surface area (TPSA) is 92.6 Å². The van der Waals surface area contributed by atoms with Crippen molar-refractivity contribution in [3.63, 3.8) is 0 Å². The van der Waals surface area contributed by atoms with E-state index in [0.717, 1.165) is 55.0 Å². The van der Waals surface area contributed by atoms with E-state index in [1.54, 1.807) is 35.9 Å². The molecule has 2 aliphatic heterocycles. The molecule has 4 aromatic rings. The van der Waals surface area contributed by atoms with Crippen molar-refractivity contribution < 1.29 is 18.7 Å². The number of amides is 2. The van der Waals surface area contributed by atoms with Gasteiger partial charge in [0.1, 0.15) is 17.5 Å². The van der Waals surface area contributed by atoms with Gasteiger partial charge in [0.15, 0.2) is 5.13 Å². The quantitative estimate of drug-likeness (QED) is 0.294. The summed E-state index contributed by atoms with van der Waals surface area (Å²) in [5.41, 5.74) is 3.22. The fourth-order valence-electron chi connectivity index (χ4n) is 5.56. The Morgan fingerprint density at radius 3 is 2.78 bits per heavy atom. The van der Waals surface area contributed by atoms with Gasteiger partial charge in [-0.25, -0.2) is 9.97 Å². The molecule has 0 bridgehead atoms. The van der Waals surface area contributed by atoms with Crippen LogP contribution in [-0.2, 0) is 11.3 Å². The number of anilines is 2. The lowest BCUT2D eigenvalue weighted by atomic mass is 10.1. The van der Waals surface area contributed by atoms with Crippen LogP contribution in [0.15, 0.2) is 66.3 Å². The number of nitrogens with zero attached hydrogens (tertiary/aromatic N) is 5. The molecule has 9 nitrogen and oxygen atoms in total. The summed E-state index contributed by atoms with van der Waals surface area (Å²) in [4.78, 5) is 37.2. The van der Waals surface area contributed by atoms with Gasteiger partial charge in [-0.1, -0.05) is 0 Å². The molecule has 2 amide bonds. The number of pyridine rings is 1. The minimum atomic E-state index is -0.549. The van der Waals surface area contributed by atoms with Gasteiger partial charge in [0, 0.05) is 56.4 Å². The van der Waals surface area contributed by atoms with Crippen molar-refractivity contribution in [2.24, 2.45) is 0 Å². The zero-order valence-corrected chi connectivity index (χ0v) is 23.5. The fraction of sp³-hybridized carbons (Fsp3) is 0.333. The third kappa shape index (κ3) is 6.09. The minimum Gasteiger partial charge on any atom is -0.489 e. The lowest BCUT2D eigenvalue weighted by Crippen LogP contribution is -2.28. The molecular formula is C30H31FN6O3S. The molecule has 0 aliphatic carbocycles. The molecule has 3 aromatic heterocycles. The molecule has 2 aliphatic rings. The molecule has 2 saturated heterocycles. The lowest BCUT2D eigenvalue weighted by Gasteiger charge is -2.26. The first kappa shape index (κ1) is 26.9. The number of likely N-dealkylation sites (tertiary alicyclic amines) is 1. The second-order valence-electron chi connectivity index (χ2n) is 10.4. The average Bonchev–Trinajstić information content (AvgIpc) is 3.76. The molecule has 41 heavy (non-hydrogen) atoms. The molecule has 0 spiro atoms. The Kier molecular flexibility index (Phi) is 7.69. The number of carbonyl (C=O) groups excluding carboxylic acids is 2. The average molecular weight is 575 g/mol. The summed E-state index contributed by atoms with van der Waals surface area (Å²) in [5.74, 6) is 0.0764. The van der Waals surface area contributed by atoms with E-state index in [9.17, 15) is 14.0 Å². The Labute approximate surface area is 241 Å². The molecule has 2 fully saturated rings. The number of aromatic nitrogens is 3. The van der Waals surface area contributed by atoms with E-state index in [2.05, 4.69) is 27.3 Å². The Morgan fingerprint density at radius 1 is 1.15 bits per heavy atom. The predicted molar refractivity (Wildman–Crippen MR) is 155 cm³/mol. The Hall–Kier alpha value is -4.25. The standard InChI is InChI=1S/C30H31FN6O3S/c1-20(38)35-15-11-24(18-35)40-23-8-6-22(7-9-23)37-14-3-4-26(37)25-19-41-30(33-25)34-29(39)27-5-2-13-36(27)17-21-10-12-32-28(31)16-21/h2,5-10,12-13,16,19,24,26H,3-4,11,14-15,17-18H2,1H3,(H,33,34,39)/t24?,26-/m1/s1. The van der Waals surface area contributed by atoms with Crippen molar-refractivity contribution in [2.45, 2.75) is 44.9 Å². The lowest BCUT2D eigenvalue weighted by molar-refractivity contribution is -0.128. The van der Waals surface area contributed by atoms with Crippen molar-refractivity contribution in [2.75, 3.05) is 29.9 Å². The van der Waals surface area contributed by atoms with Crippen LogP contribution in [0.5, 0.6) is 5.75 Å². The maximum Gasteiger partial charge on any atom is 0.274 e. The second-order valence-corrected chi connectivity index (χ2v) is 11.2. The van der Waals surface area contributed by atoms with Gasteiger partial charge in [0.05, 0.1) is 18.3 Å². The molecular weight excluding hydrogens is 543 g/mol. The summed E-state index contributed by atoms with van der Waals surface area (Å²) in [6, 6.07) is 14.9. The van der Waals surface area contributed by atoms with Crippen LogP contribution in [0.1, 0.15) is 54.0 Å². The number of nitrogens with one attached hydrogen (secondary N) is 1. The molecule has 212 valence electrons. The highest BCUT2D eigenvalue weighted by Gasteiger charge is 2.29. The third-order valence-corrected chi connectivity index (χ3v) is 8.38. The molecule has 1 unspecified atom stereocenters. The summed E-state index contributed by atoms with van der Waals surface area (Å²) in [7, 11) is 0. The number of carbonyl (C=O) groups is 2. The summed E-state index contributed by atoms with van der Waals surface area (Å²) in [6.07, 6.45) is 6.10. The van der Waals surface area contributed by atoms with Gasteiger partial charge in [-0.15, -0.1) is 11.3 Å². The van der Waals surface area contributed by atoms with E-state index in [0.29, 0.717) is 23.9 Å². The number of benzene rings is 1. The van der Waals surface area contributed by atoms with Crippen LogP contribution in [0.2, 0.25) is 0 Å². The van der Waals surface area contributed by atoms with Crippen LogP contribution < -0.4 is 15.0 Å². The monoisotopic (exact) mass is 574 g/mol. The van der Waals surface area contributed by atoms with Crippen LogP contribution in [0.3, 0.4) is 0 Å². The first-order chi connectivity index (χ1) is 19.9. The summed E-state index contributed by atoms with van der Waals surface area (Å²) >= 11 is 1.41. The van der Waals surface area contributed by atoms with Gasteiger partial charge in [-0.3, -0.25) is 14.9 Å². The molecule has 6 rings (SSSR count). The van der Waals surface area contributed by atoms with Gasteiger partial charge in [0.25, 0.3) is 5.91 Å². The number of hydrogen-bond donors (Lipinski definition) is 1. The summed E-state index contributed by atoms with van der Waals surface area (Å²) in [5, 5.41) is 5.48. The molecule has 0 radical (unpaired) electrons. The highest BCUT2D eigenvalue weighted by atomic mass is 32.1. The molecule has 2 atom stereocenters. The van der Waals surface area contributed by atoms with Crippen molar-refractivity contribution in [3.05, 3.63) is 89.2 Å². The molecule has 11 heteroatoms. The van der Waals surface area contributed by atoms with Crippen LogP contribution in [0.4, 0.5) is 15.2 Å². The van der Waals surface area contributed by atoms with E-state index in [-0.39, 0.29) is 24.0 Å². The van der Waals surface area contributed by atoms with Crippen molar-refractivity contribution in [1.82, 2.24) is 19.4 Å². The van der Waals surface area contributed by atoms with E-state index < -0.39 is 5.95 Å². The van der Waals surface area contributed by atoms with Gasteiger partial charge in [0.2, 0.25) is 11.9 Å². The van der Waals surface area contributed by atoms with Crippen molar-refractivity contribution >= 4 is 34.0 Å². The zero-order valence-electron chi connectivity index (χ0n) is 22.7. The number of thiazole rings is 1. The highest BCUT2D eigenvalue weighted by molar-refractivity contribution is 7.14. The predicted octanol–water partition coefficient (Wildman–Crippen LogP) is 5.12.